The van der Waals surface area contributed by atoms with Gasteiger partial charge in [0.1, 0.15) is 11.5 Å². The molecule has 0 amide bonds. The highest BCUT2D eigenvalue weighted by molar-refractivity contribution is 6.12. The number of fused-ring (bicyclic) bond motifs is 4. The predicted octanol–water partition coefficient (Wildman–Crippen LogP) is 6.05. The van der Waals surface area contributed by atoms with Crippen molar-refractivity contribution in [2.24, 2.45) is 7.05 Å². The minimum Gasteiger partial charge on any atom is -0.494 e. The second-order valence-corrected chi connectivity index (χ2v) is 8.68. The van der Waals surface area contributed by atoms with Gasteiger partial charge in [-0.25, -0.2) is 0 Å². The molecule has 7 heteroatoms. The van der Waals surface area contributed by atoms with Gasteiger partial charge in [-0.1, -0.05) is 42.0 Å². The number of hydrogen-bond acceptors (Lipinski definition) is 5. The van der Waals surface area contributed by atoms with E-state index in [1.54, 1.807) is 12.1 Å². The van der Waals surface area contributed by atoms with Crippen molar-refractivity contribution in [2.75, 3.05) is 0 Å². The third-order valence-corrected chi connectivity index (χ3v) is 6.52. The summed E-state index contributed by atoms with van der Waals surface area (Å²) in [4.78, 5) is 0. The summed E-state index contributed by atoms with van der Waals surface area (Å²) in [6, 6.07) is 23.0. The zero-order valence-corrected chi connectivity index (χ0v) is 19.0. The van der Waals surface area contributed by atoms with E-state index in [-0.39, 0.29) is 23.5 Å². The molecule has 7 nitrogen and oxygen atoms in total. The largest absolute Gasteiger partial charge is 0.494 e. The Morgan fingerprint density at radius 3 is 1.43 bits per heavy atom. The average molecular weight is 466 g/mol. The first-order chi connectivity index (χ1) is 16.8. The zero-order chi connectivity index (χ0) is 24.4. The Bertz CT molecular complexity index is 1540. The lowest BCUT2D eigenvalue weighted by Crippen LogP contribution is -1.92. The van der Waals surface area contributed by atoms with Crippen LogP contribution in [0, 0.1) is 6.92 Å². The van der Waals surface area contributed by atoms with Gasteiger partial charge >= 0.3 is 0 Å². The first kappa shape index (κ1) is 20.8. The molecule has 0 atom stereocenters. The molecule has 3 aromatic carbocycles. The third kappa shape index (κ3) is 2.98. The summed E-state index contributed by atoms with van der Waals surface area (Å²) >= 11 is 0. The maximum absolute atomic E-state index is 10.8. The number of benzene rings is 3. The number of hydrogen-bond donors (Lipinski definition) is 4. The van der Waals surface area contributed by atoms with E-state index >= 15 is 0 Å². The Morgan fingerprint density at radius 1 is 0.543 bits per heavy atom. The molecule has 4 N–H and O–H groups in total. The lowest BCUT2D eigenvalue weighted by molar-refractivity contribution is 0.387. The molecule has 0 unspecified atom stereocenters. The Morgan fingerprint density at radius 2 is 0.943 bits per heavy atom. The van der Waals surface area contributed by atoms with E-state index in [2.05, 4.69) is 0 Å². The van der Waals surface area contributed by atoms with Crippen molar-refractivity contribution in [3.63, 3.8) is 0 Å². The van der Waals surface area contributed by atoms with Crippen molar-refractivity contribution in [1.29, 1.82) is 0 Å². The molecule has 0 bridgehead atoms. The van der Waals surface area contributed by atoms with Crippen LogP contribution < -0.4 is 4.74 Å². The van der Waals surface area contributed by atoms with Crippen LogP contribution in [-0.4, -0.2) is 29.6 Å². The molecule has 0 spiro atoms. The Hall–Kier alpha value is -4.78. The summed E-state index contributed by atoms with van der Waals surface area (Å²) in [5, 5.41) is 42.2. The summed E-state index contributed by atoms with van der Waals surface area (Å²) in [6.45, 7) is 2.03. The molecule has 5 aromatic rings. The Kier molecular flexibility index (Phi) is 4.38. The number of aromatic hydroxyl groups is 4. The van der Waals surface area contributed by atoms with Crippen LogP contribution in [0.3, 0.4) is 0 Å². The van der Waals surface area contributed by atoms with Gasteiger partial charge in [0.05, 0.1) is 27.9 Å². The highest BCUT2D eigenvalue weighted by Crippen LogP contribution is 2.65. The molecule has 35 heavy (non-hydrogen) atoms. The second kappa shape index (κ2) is 7.36. The normalized spacial score (nSPS) is 11.6. The second-order valence-electron chi connectivity index (χ2n) is 8.68. The lowest BCUT2D eigenvalue weighted by atomic mass is 9.86. The van der Waals surface area contributed by atoms with Crippen LogP contribution in [0.2, 0.25) is 0 Å². The van der Waals surface area contributed by atoms with Crippen LogP contribution in [0.15, 0.2) is 72.8 Å². The Labute approximate surface area is 201 Å². The van der Waals surface area contributed by atoms with E-state index in [1.807, 2.05) is 67.6 Å². The molecule has 0 saturated heterocycles. The Balaban J connectivity index is 1.27. The van der Waals surface area contributed by atoms with Gasteiger partial charge in [-0.15, -0.1) is 0 Å². The van der Waals surface area contributed by atoms with Crippen molar-refractivity contribution in [3.05, 3.63) is 78.4 Å². The lowest BCUT2D eigenvalue weighted by Gasteiger charge is -2.14. The first-order valence-corrected chi connectivity index (χ1v) is 11.1. The fourth-order valence-corrected chi connectivity index (χ4v) is 4.60. The van der Waals surface area contributed by atoms with Crippen LogP contribution in [-0.2, 0) is 7.05 Å². The van der Waals surface area contributed by atoms with Gasteiger partial charge in [-0.2, -0.15) is 0 Å². The maximum Gasteiger partial charge on any atom is 0.207 e. The topological polar surface area (TPSA) is 100 Å². The van der Waals surface area contributed by atoms with E-state index in [0.29, 0.717) is 27.9 Å². The maximum atomic E-state index is 10.8. The number of aromatic nitrogens is 2. The van der Waals surface area contributed by atoms with Crippen molar-refractivity contribution in [1.82, 2.24) is 9.13 Å². The average Bonchev–Trinajstić information content (AvgIpc) is 3.16. The van der Waals surface area contributed by atoms with Crippen LogP contribution in [0.25, 0.3) is 39.1 Å². The van der Waals surface area contributed by atoms with Crippen molar-refractivity contribution in [2.45, 2.75) is 6.92 Å². The quantitative estimate of drug-likeness (QED) is 0.253. The summed E-state index contributed by atoms with van der Waals surface area (Å²) < 4.78 is 8.40. The monoisotopic (exact) mass is 466 g/mol. The van der Waals surface area contributed by atoms with E-state index in [0.717, 1.165) is 22.6 Å². The summed E-state index contributed by atoms with van der Waals surface area (Å²) in [5.74, 6) is 0.790. The zero-order valence-electron chi connectivity index (χ0n) is 19.0. The molecular formula is C28H22N2O5. The van der Waals surface area contributed by atoms with Crippen LogP contribution >= 0.6 is 0 Å². The van der Waals surface area contributed by atoms with Crippen LogP contribution in [0.5, 0.6) is 35.0 Å². The first-order valence-electron chi connectivity index (χ1n) is 11.1. The number of ether oxygens (including phenoxy) is 1. The molecule has 2 heterocycles. The molecule has 174 valence electrons. The molecule has 0 saturated carbocycles. The van der Waals surface area contributed by atoms with Gasteiger partial charge in [-0.05, 0) is 54.4 Å². The standard InChI is InChI=1S/C28H22N2O5/c1-15-3-11-19(12-4-15)35-20-13-7-17(8-14-20)16-5-9-18(10-6-16)30-27(33)23-21-22(24(23)28(30)34)26(32)29(2)25(21)31/h3-14,31-34H,1-2H3. The molecule has 1 aliphatic rings. The molecule has 0 fully saturated rings. The minimum atomic E-state index is -0.198. The van der Waals surface area contributed by atoms with Gasteiger partial charge in [0, 0.05) is 7.05 Å². The van der Waals surface area contributed by atoms with Crippen molar-refractivity contribution >= 4 is 0 Å². The molecule has 0 aliphatic heterocycles. The fourth-order valence-electron chi connectivity index (χ4n) is 4.60. The minimum absolute atomic E-state index is 0.164. The summed E-state index contributed by atoms with van der Waals surface area (Å²) in [6.07, 6.45) is 0. The highest BCUT2D eigenvalue weighted by atomic mass is 16.5. The highest BCUT2D eigenvalue weighted by Gasteiger charge is 2.42. The summed E-state index contributed by atoms with van der Waals surface area (Å²) in [5.41, 5.74) is 4.96. The van der Waals surface area contributed by atoms with E-state index in [1.165, 1.54) is 21.7 Å². The number of rotatable bonds is 4. The van der Waals surface area contributed by atoms with Gasteiger partial charge in [0.15, 0.2) is 0 Å². The van der Waals surface area contributed by atoms with Crippen LogP contribution in [0.1, 0.15) is 5.56 Å². The number of nitrogens with zero attached hydrogens (tertiary/aromatic N) is 2. The van der Waals surface area contributed by atoms with Crippen LogP contribution in [0.4, 0.5) is 0 Å². The van der Waals surface area contributed by atoms with Gasteiger partial charge in [-0.3, -0.25) is 9.13 Å². The molecule has 1 aliphatic carbocycles. The smallest absolute Gasteiger partial charge is 0.207 e. The number of aryl methyl sites for hydroxylation is 1. The SMILES string of the molecule is Cc1ccc(Oc2ccc(-c3ccc(-n4c(O)c5c(c4O)-c4c-5c(O)n(C)c4O)cc3)cc2)cc1. The van der Waals surface area contributed by atoms with Gasteiger partial charge in [0.25, 0.3) is 0 Å². The molecule has 0 radical (unpaired) electrons. The molecule has 2 aromatic heterocycles. The fraction of sp³-hybridized carbons (Fsp3) is 0.0714. The van der Waals surface area contributed by atoms with Crippen molar-refractivity contribution < 1.29 is 25.2 Å². The third-order valence-electron chi connectivity index (χ3n) is 6.52. The molecule has 6 rings (SSSR count). The van der Waals surface area contributed by atoms with Gasteiger partial charge in [0.2, 0.25) is 23.5 Å². The van der Waals surface area contributed by atoms with E-state index in [4.69, 9.17) is 4.74 Å². The molecular weight excluding hydrogens is 444 g/mol. The summed E-state index contributed by atoms with van der Waals surface area (Å²) in [7, 11) is 1.51. The predicted molar refractivity (Wildman–Crippen MR) is 133 cm³/mol. The van der Waals surface area contributed by atoms with Gasteiger partial charge < -0.3 is 25.2 Å². The van der Waals surface area contributed by atoms with Crippen molar-refractivity contribution in [3.8, 4) is 74.1 Å². The van der Waals surface area contributed by atoms with E-state index in [9.17, 15) is 20.4 Å². The van der Waals surface area contributed by atoms with E-state index < -0.39 is 0 Å².